The van der Waals surface area contributed by atoms with Crippen LogP contribution < -0.4 is 0 Å². The van der Waals surface area contributed by atoms with E-state index in [0.717, 1.165) is 18.4 Å². The van der Waals surface area contributed by atoms with Crippen molar-refractivity contribution < 1.29 is 9.53 Å². The Morgan fingerprint density at radius 1 is 0.846 bits per heavy atom. The molecule has 2 nitrogen and oxygen atoms in total. The summed E-state index contributed by atoms with van der Waals surface area (Å²) in [5.74, 6) is 0.769. The molecule has 0 radical (unpaired) electrons. The average Bonchev–Trinajstić information content (AvgIpc) is 2.60. The van der Waals surface area contributed by atoms with Crippen LogP contribution >= 0.6 is 0 Å². The van der Waals surface area contributed by atoms with Gasteiger partial charge in [-0.05, 0) is 42.2 Å². The summed E-state index contributed by atoms with van der Waals surface area (Å²) >= 11 is 0. The minimum atomic E-state index is -0.544. The maximum Gasteiger partial charge on any atom is 0.307 e. The molecule has 0 fully saturated rings. The zero-order valence-electron chi connectivity index (χ0n) is 16.6. The Morgan fingerprint density at radius 3 is 1.85 bits per heavy atom. The van der Waals surface area contributed by atoms with E-state index in [-0.39, 0.29) is 5.97 Å². The number of hydrogen-bond donors (Lipinski definition) is 0. The molecule has 140 valence electrons. The Kier molecular flexibility index (Phi) is 7.44. The summed E-state index contributed by atoms with van der Waals surface area (Å²) in [6.45, 7) is 8.76. The summed E-state index contributed by atoms with van der Waals surface area (Å²) in [6.07, 6.45) is 2.81. The maximum absolute atomic E-state index is 12.7. The van der Waals surface area contributed by atoms with Crippen molar-refractivity contribution in [3.63, 3.8) is 0 Å². The predicted octanol–water partition coefficient (Wildman–Crippen LogP) is 6.15. The normalized spacial score (nSPS) is 11.8. The number of carbonyl (C=O) groups is 1. The molecular formula is C24H32O2. The Morgan fingerprint density at radius 2 is 1.35 bits per heavy atom. The Hall–Kier alpha value is -2.09. The summed E-state index contributed by atoms with van der Waals surface area (Å²) in [4.78, 5) is 12.7. The zero-order valence-corrected chi connectivity index (χ0v) is 16.6. The van der Waals surface area contributed by atoms with Gasteiger partial charge in [-0.1, -0.05) is 88.4 Å². The number of rotatable bonds is 9. The van der Waals surface area contributed by atoms with Gasteiger partial charge in [0, 0.05) is 6.42 Å². The van der Waals surface area contributed by atoms with Gasteiger partial charge in [-0.3, -0.25) is 4.79 Å². The summed E-state index contributed by atoms with van der Waals surface area (Å²) in [5.41, 5.74) is 1.73. The smallest absolute Gasteiger partial charge is 0.307 e. The van der Waals surface area contributed by atoms with E-state index in [9.17, 15) is 4.79 Å². The van der Waals surface area contributed by atoms with Gasteiger partial charge in [-0.25, -0.2) is 0 Å². The lowest BCUT2D eigenvalue weighted by molar-refractivity contribution is -0.165. The topological polar surface area (TPSA) is 26.3 Å². The molecular weight excluding hydrogens is 320 g/mol. The van der Waals surface area contributed by atoms with E-state index in [1.54, 1.807) is 0 Å². The molecule has 0 spiro atoms. The molecule has 0 heterocycles. The molecule has 0 saturated carbocycles. The molecule has 0 aliphatic carbocycles. The van der Waals surface area contributed by atoms with E-state index in [2.05, 4.69) is 52.0 Å². The summed E-state index contributed by atoms with van der Waals surface area (Å²) < 4.78 is 6.23. The highest BCUT2D eigenvalue weighted by molar-refractivity contribution is 5.70. The second-order valence-corrected chi connectivity index (χ2v) is 8.02. The fraction of sp³-hybridized carbons (Fsp3) is 0.458. The predicted molar refractivity (Wildman–Crippen MR) is 108 cm³/mol. The zero-order chi connectivity index (χ0) is 19.0. The molecule has 2 aromatic rings. The molecule has 2 rings (SSSR count). The molecule has 0 saturated heterocycles. The van der Waals surface area contributed by atoms with Crippen LogP contribution in [0.4, 0.5) is 0 Å². The van der Waals surface area contributed by atoms with Crippen LogP contribution in [0.5, 0.6) is 0 Å². The van der Waals surface area contributed by atoms with Crippen molar-refractivity contribution in [3.8, 4) is 0 Å². The van der Waals surface area contributed by atoms with Gasteiger partial charge in [0.25, 0.3) is 0 Å². The third-order valence-electron chi connectivity index (χ3n) is 4.55. The van der Waals surface area contributed by atoms with Crippen molar-refractivity contribution in [2.75, 3.05) is 0 Å². The molecule has 0 bridgehead atoms. The third kappa shape index (κ3) is 6.01. The fourth-order valence-corrected chi connectivity index (χ4v) is 3.68. The monoisotopic (exact) mass is 352 g/mol. The van der Waals surface area contributed by atoms with Crippen LogP contribution in [0.25, 0.3) is 0 Å². The van der Waals surface area contributed by atoms with Gasteiger partial charge in [0.2, 0.25) is 0 Å². The molecule has 26 heavy (non-hydrogen) atoms. The highest BCUT2D eigenvalue weighted by Gasteiger charge is 2.37. The summed E-state index contributed by atoms with van der Waals surface area (Å²) in [6, 6.07) is 20.4. The van der Waals surface area contributed by atoms with E-state index in [1.807, 2.05) is 36.4 Å². The van der Waals surface area contributed by atoms with Crippen molar-refractivity contribution in [3.05, 3.63) is 71.8 Å². The molecule has 0 aliphatic heterocycles. The first-order valence-electron chi connectivity index (χ1n) is 9.72. The largest absolute Gasteiger partial charge is 0.454 e. The highest BCUT2D eigenvalue weighted by Crippen LogP contribution is 2.39. The van der Waals surface area contributed by atoms with Crippen LogP contribution in [0, 0.1) is 11.8 Å². The number of esters is 1. The minimum absolute atomic E-state index is 0.112. The van der Waals surface area contributed by atoms with E-state index in [4.69, 9.17) is 4.74 Å². The van der Waals surface area contributed by atoms with Gasteiger partial charge >= 0.3 is 5.97 Å². The molecule has 0 aromatic heterocycles. The number of hydrogen-bond acceptors (Lipinski definition) is 2. The lowest BCUT2D eigenvalue weighted by atomic mass is 9.79. The molecule has 0 amide bonds. The van der Waals surface area contributed by atoms with Crippen molar-refractivity contribution in [1.29, 1.82) is 0 Å². The quantitative estimate of drug-likeness (QED) is 0.506. The molecule has 2 heteroatoms. The Bertz CT molecular complexity index is 649. The summed E-state index contributed by atoms with van der Waals surface area (Å²) in [5, 5.41) is 0. The number of ether oxygens (including phenoxy) is 1. The van der Waals surface area contributed by atoms with Gasteiger partial charge in [-0.2, -0.15) is 0 Å². The van der Waals surface area contributed by atoms with E-state index < -0.39 is 5.60 Å². The number of benzene rings is 2. The summed E-state index contributed by atoms with van der Waals surface area (Å²) in [7, 11) is 0. The van der Waals surface area contributed by atoms with Crippen LogP contribution in [0.2, 0.25) is 0 Å². The second-order valence-electron chi connectivity index (χ2n) is 8.02. The Labute approximate surface area is 158 Å². The van der Waals surface area contributed by atoms with Gasteiger partial charge < -0.3 is 4.74 Å². The van der Waals surface area contributed by atoms with Crippen molar-refractivity contribution in [2.24, 2.45) is 11.8 Å². The number of carbonyl (C=O) groups excluding carboxylic acids is 1. The average molecular weight is 353 g/mol. The van der Waals surface area contributed by atoms with Crippen LogP contribution in [0.1, 0.15) is 58.1 Å². The van der Waals surface area contributed by atoms with Crippen LogP contribution in [-0.4, -0.2) is 5.97 Å². The minimum Gasteiger partial charge on any atom is -0.454 e. The van der Waals surface area contributed by atoms with Crippen molar-refractivity contribution in [1.82, 2.24) is 0 Å². The standard InChI is InChI=1S/C24H32O2/c1-19(2)17-24(18-20(3)4,22-13-9-6-10-14-22)26-23(25)16-15-21-11-7-5-8-12-21/h5-14,19-20H,15-18H2,1-4H3. The fourth-order valence-electron chi connectivity index (χ4n) is 3.68. The van der Waals surface area contributed by atoms with Crippen LogP contribution in [-0.2, 0) is 21.6 Å². The van der Waals surface area contributed by atoms with E-state index in [1.165, 1.54) is 5.56 Å². The third-order valence-corrected chi connectivity index (χ3v) is 4.55. The SMILES string of the molecule is CC(C)CC(CC(C)C)(OC(=O)CCc1ccccc1)c1ccccc1. The molecule has 0 aliphatic rings. The van der Waals surface area contributed by atoms with Crippen LogP contribution in [0.3, 0.4) is 0 Å². The number of aryl methyl sites for hydroxylation is 1. The first-order chi connectivity index (χ1) is 12.4. The molecule has 2 aromatic carbocycles. The molecule has 0 unspecified atom stereocenters. The lowest BCUT2D eigenvalue weighted by Gasteiger charge is -2.37. The van der Waals surface area contributed by atoms with Gasteiger partial charge in [-0.15, -0.1) is 0 Å². The second kappa shape index (κ2) is 9.56. The van der Waals surface area contributed by atoms with Gasteiger partial charge in [0.1, 0.15) is 5.60 Å². The Balaban J connectivity index is 2.20. The van der Waals surface area contributed by atoms with Gasteiger partial charge in [0.15, 0.2) is 0 Å². The molecule has 0 N–H and O–H groups in total. The van der Waals surface area contributed by atoms with Crippen molar-refractivity contribution >= 4 is 5.97 Å². The van der Waals surface area contributed by atoms with E-state index >= 15 is 0 Å². The maximum atomic E-state index is 12.7. The van der Waals surface area contributed by atoms with Crippen LogP contribution in [0.15, 0.2) is 60.7 Å². The lowest BCUT2D eigenvalue weighted by Crippen LogP contribution is -2.35. The molecule has 0 atom stereocenters. The highest BCUT2D eigenvalue weighted by atomic mass is 16.6. The van der Waals surface area contributed by atoms with Gasteiger partial charge in [0.05, 0.1) is 0 Å². The first kappa shape index (κ1) is 20.2. The van der Waals surface area contributed by atoms with E-state index in [0.29, 0.717) is 24.7 Å². The van der Waals surface area contributed by atoms with Crippen molar-refractivity contribution in [2.45, 2.75) is 59.0 Å². The first-order valence-corrected chi connectivity index (χ1v) is 9.72.